The fraction of sp³-hybridized carbons (Fsp3) is 0.667. The highest BCUT2D eigenvalue weighted by atomic mass is 35.5. The van der Waals surface area contributed by atoms with Crippen LogP contribution in [-0.2, 0) is 6.54 Å². The molecule has 1 N–H and O–H groups in total. The van der Waals surface area contributed by atoms with Gasteiger partial charge in [-0.05, 0) is 30.0 Å². The molecule has 0 aliphatic heterocycles. The Kier molecular flexibility index (Phi) is 6.08. The number of hydrogen-bond acceptors (Lipinski definition) is 3. The van der Waals surface area contributed by atoms with Crippen LogP contribution >= 0.6 is 11.6 Å². The predicted molar refractivity (Wildman–Crippen MR) is 84.0 cm³/mol. The lowest BCUT2D eigenvalue weighted by Crippen LogP contribution is -2.29. The zero-order valence-corrected chi connectivity index (χ0v) is 13.5. The summed E-state index contributed by atoms with van der Waals surface area (Å²) >= 11 is 6.19. The van der Waals surface area contributed by atoms with Crippen molar-refractivity contribution in [1.82, 2.24) is 10.3 Å². The molecule has 1 aromatic rings. The lowest BCUT2D eigenvalue weighted by atomic mass is 9.96. The van der Waals surface area contributed by atoms with Crippen molar-refractivity contribution in [3.63, 3.8) is 0 Å². The van der Waals surface area contributed by atoms with Crippen LogP contribution in [0, 0.1) is 5.41 Å². The summed E-state index contributed by atoms with van der Waals surface area (Å²) in [5, 5.41) is 4.11. The van der Waals surface area contributed by atoms with Crippen molar-refractivity contribution in [2.24, 2.45) is 5.41 Å². The van der Waals surface area contributed by atoms with Gasteiger partial charge in [0.2, 0.25) is 0 Å². The normalized spacial score (nSPS) is 11.7. The zero-order chi connectivity index (χ0) is 14.5. The molecule has 3 nitrogen and oxygen atoms in total. The van der Waals surface area contributed by atoms with E-state index in [1.165, 1.54) is 0 Å². The molecular formula is C15H26ClN3. The summed E-state index contributed by atoms with van der Waals surface area (Å²) in [5.41, 5.74) is 1.36. The predicted octanol–water partition coefficient (Wildman–Crippen LogP) is 3.72. The molecule has 0 atom stereocenters. The van der Waals surface area contributed by atoms with E-state index in [1.54, 1.807) is 6.20 Å². The minimum absolute atomic E-state index is 0.247. The summed E-state index contributed by atoms with van der Waals surface area (Å²) < 4.78 is 0. The molecule has 19 heavy (non-hydrogen) atoms. The van der Waals surface area contributed by atoms with Crippen LogP contribution in [0.1, 0.15) is 39.7 Å². The molecule has 108 valence electrons. The van der Waals surface area contributed by atoms with Gasteiger partial charge in [0.05, 0.1) is 5.02 Å². The Morgan fingerprint density at radius 3 is 2.63 bits per heavy atom. The second-order valence-corrected chi connectivity index (χ2v) is 6.63. The molecule has 0 fully saturated rings. The number of nitrogens with one attached hydrogen (secondary N) is 1. The fourth-order valence-electron chi connectivity index (χ4n) is 2.00. The summed E-state index contributed by atoms with van der Waals surface area (Å²) in [5.74, 6) is 0.979. The van der Waals surface area contributed by atoms with Crippen molar-refractivity contribution in [3.05, 3.63) is 22.8 Å². The summed E-state index contributed by atoms with van der Waals surface area (Å²) in [4.78, 5) is 6.60. The molecular weight excluding hydrogens is 258 g/mol. The third-order valence-electron chi connectivity index (χ3n) is 2.77. The van der Waals surface area contributed by atoms with E-state index in [0.717, 1.165) is 42.5 Å². The lowest BCUT2D eigenvalue weighted by molar-refractivity contribution is 0.418. The van der Waals surface area contributed by atoms with E-state index in [2.05, 4.69) is 56.0 Å². The number of aromatic nitrogens is 1. The Bertz CT molecular complexity index is 399. The standard InChI is InChI=1S/C15H26ClN3/c1-6-7-17-9-12-8-14(18-10-13(12)16)19(5)11-15(2,3)4/h8,10,17H,6-7,9,11H2,1-5H3. The summed E-state index contributed by atoms with van der Waals surface area (Å²) in [6.45, 7) is 11.6. The summed E-state index contributed by atoms with van der Waals surface area (Å²) in [6.07, 6.45) is 2.87. The minimum Gasteiger partial charge on any atom is -0.359 e. The average Bonchev–Trinajstić information content (AvgIpc) is 2.29. The Labute approximate surface area is 122 Å². The molecule has 1 rings (SSSR count). The first-order valence-electron chi connectivity index (χ1n) is 6.90. The molecule has 1 heterocycles. The van der Waals surface area contributed by atoms with E-state index < -0.39 is 0 Å². The Morgan fingerprint density at radius 2 is 2.05 bits per heavy atom. The number of pyridine rings is 1. The molecule has 0 aromatic carbocycles. The minimum atomic E-state index is 0.247. The zero-order valence-electron chi connectivity index (χ0n) is 12.8. The van der Waals surface area contributed by atoms with E-state index >= 15 is 0 Å². The highest BCUT2D eigenvalue weighted by Crippen LogP contribution is 2.22. The second-order valence-electron chi connectivity index (χ2n) is 6.23. The first kappa shape index (κ1) is 16.3. The van der Waals surface area contributed by atoms with Gasteiger partial charge in [-0.1, -0.05) is 39.3 Å². The van der Waals surface area contributed by atoms with E-state index in [1.807, 2.05) is 0 Å². The number of anilines is 1. The van der Waals surface area contributed by atoms with Crippen LogP contribution in [0.15, 0.2) is 12.3 Å². The van der Waals surface area contributed by atoms with E-state index in [4.69, 9.17) is 11.6 Å². The molecule has 0 unspecified atom stereocenters. The van der Waals surface area contributed by atoms with Crippen molar-refractivity contribution in [1.29, 1.82) is 0 Å². The van der Waals surface area contributed by atoms with Crippen molar-refractivity contribution >= 4 is 17.4 Å². The van der Waals surface area contributed by atoms with E-state index in [9.17, 15) is 0 Å². The van der Waals surface area contributed by atoms with Crippen LogP contribution in [0.25, 0.3) is 0 Å². The maximum atomic E-state index is 6.19. The molecule has 0 spiro atoms. The van der Waals surface area contributed by atoms with Gasteiger partial charge in [0, 0.05) is 26.3 Å². The third kappa shape index (κ3) is 5.79. The number of hydrogen-bond donors (Lipinski definition) is 1. The number of halogens is 1. The monoisotopic (exact) mass is 283 g/mol. The lowest BCUT2D eigenvalue weighted by Gasteiger charge is -2.27. The third-order valence-corrected chi connectivity index (χ3v) is 3.11. The van der Waals surface area contributed by atoms with Gasteiger partial charge < -0.3 is 10.2 Å². The smallest absolute Gasteiger partial charge is 0.128 e. The Balaban J connectivity index is 2.77. The summed E-state index contributed by atoms with van der Waals surface area (Å²) in [6, 6.07) is 2.08. The van der Waals surface area contributed by atoms with Gasteiger partial charge in [0.15, 0.2) is 0 Å². The molecule has 0 amide bonds. The molecule has 0 saturated carbocycles. The Morgan fingerprint density at radius 1 is 1.37 bits per heavy atom. The fourth-order valence-corrected chi connectivity index (χ4v) is 2.17. The van der Waals surface area contributed by atoms with Gasteiger partial charge in [0.25, 0.3) is 0 Å². The molecule has 1 aromatic heterocycles. The molecule has 0 bridgehead atoms. The molecule has 0 aliphatic rings. The molecule has 0 saturated heterocycles. The highest BCUT2D eigenvalue weighted by Gasteiger charge is 2.15. The van der Waals surface area contributed by atoms with Crippen LogP contribution in [0.2, 0.25) is 5.02 Å². The van der Waals surface area contributed by atoms with Crippen molar-refractivity contribution in [3.8, 4) is 0 Å². The second kappa shape index (κ2) is 7.11. The van der Waals surface area contributed by atoms with Gasteiger partial charge in [-0.2, -0.15) is 0 Å². The van der Waals surface area contributed by atoms with Gasteiger partial charge in [-0.25, -0.2) is 4.98 Å². The average molecular weight is 284 g/mol. The van der Waals surface area contributed by atoms with E-state index in [0.29, 0.717) is 0 Å². The summed E-state index contributed by atoms with van der Waals surface area (Å²) in [7, 11) is 2.07. The maximum absolute atomic E-state index is 6.19. The van der Waals surface area contributed by atoms with Crippen LogP contribution in [0.5, 0.6) is 0 Å². The van der Waals surface area contributed by atoms with Gasteiger partial charge >= 0.3 is 0 Å². The van der Waals surface area contributed by atoms with Gasteiger partial charge in [-0.15, -0.1) is 0 Å². The van der Waals surface area contributed by atoms with Crippen molar-refractivity contribution < 1.29 is 0 Å². The number of rotatable bonds is 6. The largest absolute Gasteiger partial charge is 0.359 e. The van der Waals surface area contributed by atoms with Crippen LogP contribution in [0.4, 0.5) is 5.82 Å². The Hall–Kier alpha value is -0.800. The van der Waals surface area contributed by atoms with Gasteiger partial charge in [-0.3, -0.25) is 0 Å². The number of nitrogens with zero attached hydrogens (tertiary/aromatic N) is 2. The SMILES string of the molecule is CCCNCc1cc(N(C)CC(C)(C)C)ncc1Cl. The maximum Gasteiger partial charge on any atom is 0.128 e. The highest BCUT2D eigenvalue weighted by molar-refractivity contribution is 6.31. The topological polar surface area (TPSA) is 28.2 Å². The van der Waals surface area contributed by atoms with Gasteiger partial charge in [0.1, 0.15) is 5.82 Å². The van der Waals surface area contributed by atoms with E-state index in [-0.39, 0.29) is 5.41 Å². The van der Waals surface area contributed by atoms with Crippen LogP contribution in [0.3, 0.4) is 0 Å². The van der Waals surface area contributed by atoms with Crippen molar-refractivity contribution in [2.45, 2.75) is 40.7 Å². The van der Waals surface area contributed by atoms with Crippen LogP contribution in [-0.4, -0.2) is 25.1 Å². The van der Waals surface area contributed by atoms with Crippen LogP contribution < -0.4 is 10.2 Å². The molecule has 0 radical (unpaired) electrons. The quantitative estimate of drug-likeness (QED) is 0.807. The van der Waals surface area contributed by atoms with Crippen molar-refractivity contribution in [2.75, 3.05) is 25.0 Å². The first-order chi connectivity index (χ1) is 8.83. The first-order valence-corrected chi connectivity index (χ1v) is 7.27. The molecule has 4 heteroatoms. The molecule has 0 aliphatic carbocycles.